The summed E-state index contributed by atoms with van der Waals surface area (Å²) in [6.07, 6.45) is 11.4. The van der Waals surface area contributed by atoms with Gasteiger partial charge in [0.05, 0.1) is 5.54 Å². The first-order chi connectivity index (χ1) is 15.5. The predicted octanol–water partition coefficient (Wildman–Crippen LogP) is 6.47. The summed E-state index contributed by atoms with van der Waals surface area (Å²) >= 11 is 1.93. The van der Waals surface area contributed by atoms with Crippen molar-refractivity contribution >= 4 is 40.9 Å². The molecule has 33 heavy (non-hydrogen) atoms. The van der Waals surface area contributed by atoms with E-state index in [4.69, 9.17) is 4.99 Å². The molecule has 6 fully saturated rings. The molecule has 180 valence electrons. The Balaban J connectivity index is 0.00000228. The molecule has 5 aliphatic carbocycles. The fourth-order valence-corrected chi connectivity index (χ4v) is 8.64. The molecular weight excluding hydrogens is 450 g/mol. The number of hydrogen-bond donors (Lipinski definition) is 1. The van der Waals surface area contributed by atoms with Crippen LogP contribution in [0.4, 0.5) is 5.69 Å². The third-order valence-electron chi connectivity index (χ3n) is 8.58. The minimum absolute atomic E-state index is 0. The molecule has 0 radical (unpaired) electrons. The summed E-state index contributed by atoms with van der Waals surface area (Å²) in [4.78, 5) is 21.0. The van der Waals surface area contributed by atoms with Gasteiger partial charge in [-0.15, -0.1) is 12.4 Å². The monoisotopic (exact) mass is 487 g/mol. The zero-order valence-corrected chi connectivity index (χ0v) is 21.6. The first-order valence-electron chi connectivity index (χ1n) is 12.9. The number of amides is 1. The molecule has 6 aliphatic rings. The van der Waals surface area contributed by atoms with E-state index in [1.165, 1.54) is 62.1 Å². The third-order valence-corrected chi connectivity index (χ3v) is 9.69. The topological polar surface area (TPSA) is 44.7 Å². The lowest BCUT2D eigenvalue weighted by Crippen LogP contribution is -2.50. The average molecular weight is 488 g/mol. The lowest BCUT2D eigenvalue weighted by atomic mass is 9.53. The van der Waals surface area contributed by atoms with Crippen molar-refractivity contribution in [1.82, 2.24) is 4.90 Å². The molecule has 1 aromatic carbocycles. The van der Waals surface area contributed by atoms with Crippen LogP contribution in [0.25, 0.3) is 0 Å². The molecule has 0 aromatic heterocycles. The summed E-state index contributed by atoms with van der Waals surface area (Å²) in [6, 6.07) is 9.22. The molecule has 1 N–H and O–H groups in total. The van der Waals surface area contributed by atoms with E-state index in [2.05, 4.69) is 36.2 Å². The van der Waals surface area contributed by atoms with Crippen LogP contribution in [-0.2, 0) is 4.79 Å². The second-order valence-electron chi connectivity index (χ2n) is 11.7. The van der Waals surface area contributed by atoms with E-state index in [1.807, 2.05) is 23.9 Å². The van der Waals surface area contributed by atoms with Crippen molar-refractivity contribution < 1.29 is 4.79 Å². The molecule has 1 atom stereocenters. The Kier molecular flexibility index (Phi) is 6.50. The van der Waals surface area contributed by atoms with Crippen LogP contribution in [0.15, 0.2) is 29.3 Å². The van der Waals surface area contributed by atoms with Crippen LogP contribution in [0.1, 0.15) is 83.1 Å². The molecule has 1 aromatic rings. The fourth-order valence-electron chi connectivity index (χ4n) is 7.32. The van der Waals surface area contributed by atoms with Crippen molar-refractivity contribution in [3.63, 3.8) is 0 Å². The molecule has 1 unspecified atom stereocenters. The largest absolute Gasteiger partial charge is 0.344 e. The Labute approximate surface area is 209 Å². The molecule has 4 nitrogen and oxygen atoms in total. The summed E-state index contributed by atoms with van der Waals surface area (Å²) in [5, 5.41) is 4.41. The maximum Gasteiger partial charge on any atom is 0.226 e. The summed E-state index contributed by atoms with van der Waals surface area (Å²) in [7, 11) is 0. The smallest absolute Gasteiger partial charge is 0.226 e. The van der Waals surface area contributed by atoms with Gasteiger partial charge in [-0.1, -0.05) is 37.7 Å². The molecule has 4 bridgehead atoms. The van der Waals surface area contributed by atoms with Gasteiger partial charge in [0.2, 0.25) is 5.91 Å². The highest BCUT2D eigenvalue weighted by Crippen LogP contribution is 2.57. The van der Waals surface area contributed by atoms with E-state index in [0.717, 1.165) is 29.2 Å². The first kappa shape index (κ1) is 23.5. The van der Waals surface area contributed by atoms with Crippen LogP contribution in [0.5, 0.6) is 0 Å². The lowest BCUT2D eigenvalue weighted by molar-refractivity contribution is -0.116. The van der Waals surface area contributed by atoms with Gasteiger partial charge in [0.1, 0.15) is 0 Å². The number of nitrogens with zero attached hydrogens (tertiary/aromatic N) is 2. The Morgan fingerprint density at radius 1 is 1.09 bits per heavy atom. The van der Waals surface area contributed by atoms with Gasteiger partial charge in [0.25, 0.3) is 0 Å². The molecule has 5 saturated carbocycles. The standard InChI is InChI=1S/C27H37N3OS.ClH/c1-17(2)21-3-5-22(6-4-21)28-25(31)12-24-16-32-26(30(24)23-7-8-23)29-27-13-18-9-19(14-27)11-20(10-18)15-27;/h3-6,17-20,23-24H,7-16H2,1-2H3,(H,28,31);1H/b29-26-;. The number of halogens is 1. The van der Waals surface area contributed by atoms with Gasteiger partial charge in [0.15, 0.2) is 5.17 Å². The Hall–Kier alpha value is -1.20. The molecule has 1 amide bonds. The van der Waals surface area contributed by atoms with Crippen molar-refractivity contribution in [1.29, 1.82) is 0 Å². The van der Waals surface area contributed by atoms with E-state index < -0.39 is 0 Å². The van der Waals surface area contributed by atoms with Crippen LogP contribution in [0.3, 0.4) is 0 Å². The first-order valence-corrected chi connectivity index (χ1v) is 13.9. The number of aliphatic imine (C=N–C) groups is 1. The summed E-state index contributed by atoms with van der Waals surface area (Å²) in [6.45, 7) is 4.39. The van der Waals surface area contributed by atoms with E-state index in [1.54, 1.807) is 0 Å². The van der Waals surface area contributed by atoms with E-state index in [-0.39, 0.29) is 29.9 Å². The Bertz CT molecular complexity index is 875. The van der Waals surface area contributed by atoms with E-state index >= 15 is 0 Å². The molecule has 6 heteroatoms. The number of benzene rings is 1. The fraction of sp³-hybridized carbons (Fsp3) is 0.704. The van der Waals surface area contributed by atoms with Gasteiger partial charge in [-0.3, -0.25) is 9.79 Å². The van der Waals surface area contributed by atoms with Crippen molar-refractivity contribution in [2.24, 2.45) is 22.7 Å². The van der Waals surface area contributed by atoms with Crippen LogP contribution in [0.2, 0.25) is 0 Å². The summed E-state index contributed by atoms with van der Waals surface area (Å²) in [5.74, 6) is 4.42. The number of nitrogens with one attached hydrogen (secondary N) is 1. The van der Waals surface area contributed by atoms with E-state index in [0.29, 0.717) is 18.4 Å². The van der Waals surface area contributed by atoms with Crippen molar-refractivity contribution in [3.8, 4) is 0 Å². The van der Waals surface area contributed by atoms with Crippen LogP contribution >= 0.6 is 24.2 Å². The minimum atomic E-state index is 0. The van der Waals surface area contributed by atoms with Gasteiger partial charge in [-0.05, 0) is 92.7 Å². The van der Waals surface area contributed by atoms with Gasteiger partial charge in [-0.2, -0.15) is 0 Å². The SMILES string of the molecule is CC(C)c1ccc(NC(=O)CC2CS/C(=N\C34CC5CC(CC(C5)C3)C4)N2C2CC2)cc1.Cl. The lowest BCUT2D eigenvalue weighted by Gasteiger charge is -2.55. The zero-order valence-electron chi connectivity index (χ0n) is 20.0. The number of carbonyl (C=O) groups excluding carboxylic acids is 1. The van der Waals surface area contributed by atoms with Gasteiger partial charge in [-0.25, -0.2) is 0 Å². The van der Waals surface area contributed by atoms with Crippen molar-refractivity contribution in [3.05, 3.63) is 29.8 Å². The highest BCUT2D eigenvalue weighted by atomic mass is 35.5. The third kappa shape index (κ3) is 4.82. The minimum Gasteiger partial charge on any atom is -0.344 e. The molecule has 1 aliphatic heterocycles. The zero-order chi connectivity index (χ0) is 21.9. The number of amidine groups is 1. The van der Waals surface area contributed by atoms with Crippen LogP contribution < -0.4 is 5.32 Å². The van der Waals surface area contributed by atoms with Crippen molar-refractivity contribution in [2.75, 3.05) is 11.1 Å². The van der Waals surface area contributed by atoms with Crippen LogP contribution in [-0.4, -0.2) is 39.4 Å². The second kappa shape index (κ2) is 9.11. The molecule has 1 heterocycles. The normalized spacial score (nSPS) is 35.8. The highest BCUT2D eigenvalue weighted by Gasteiger charge is 2.52. The Morgan fingerprint density at radius 2 is 1.70 bits per heavy atom. The van der Waals surface area contributed by atoms with Gasteiger partial charge >= 0.3 is 0 Å². The maximum atomic E-state index is 12.9. The number of hydrogen-bond acceptors (Lipinski definition) is 3. The summed E-state index contributed by atoms with van der Waals surface area (Å²) in [5.41, 5.74) is 2.44. The average Bonchev–Trinajstić information content (AvgIpc) is 3.49. The summed E-state index contributed by atoms with van der Waals surface area (Å²) < 4.78 is 0. The molecule has 0 spiro atoms. The maximum absolute atomic E-state index is 12.9. The highest BCUT2D eigenvalue weighted by molar-refractivity contribution is 8.14. The number of anilines is 1. The second-order valence-corrected chi connectivity index (χ2v) is 12.7. The quantitative estimate of drug-likeness (QED) is 0.500. The van der Waals surface area contributed by atoms with Gasteiger partial charge in [0, 0.05) is 29.9 Å². The molecular formula is C27H38ClN3OS. The Morgan fingerprint density at radius 3 is 2.24 bits per heavy atom. The number of carbonyl (C=O) groups is 1. The molecule has 1 saturated heterocycles. The molecule has 7 rings (SSSR count). The van der Waals surface area contributed by atoms with Gasteiger partial charge < -0.3 is 10.2 Å². The number of thioether (sulfide) groups is 1. The van der Waals surface area contributed by atoms with Crippen LogP contribution in [0, 0.1) is 17.8 Å². The van der Waals surface area contributed by atoms with E-state index in [9.17, 15) is 4.79 Å². The predicted molar refractivity (Wildman–Crippen MR) is 140 cm³/mol. The van der Waals surface area contributed by atoms with Crippen molar-refractivity contribution in [2.45, 2.75) is 95.2 Å². The number of rotatable bonds is 6.